The summed E-state index contributed by atoms with van der Waals surface area (Å²) in [7, 11) is 5.24. The molecule has 0 amide bonds. The number of benzene rings is 3. The van der Waals surface area contributed by atoms with Crippen LogP contribution in [0.2, 0.25) is 0 Å². The molecule has 1 N–H and O–H groups in total. The van der Waals surface area contributed by atoms with Crippen LogP contribution in [0.15, 0.2) is 54.6 Å². The molecular weight excluding hydrogens is 486 g/mol. The van der Waals surface area contributed by atoms with Crippen LogP contribution in [0.3, 0.4) is 0 Å². The van der Waals surface area contributed by atoms with E-state index >= 15 is 0 Å². The van der Waals surface area contributed by atoms with Gasteiger partial charge in [0.25, 0.3) is 0 Å². The largest absolute Gasteiger partial charge is 0.497 e. The lowest BCUT2D eigenvalue weighted by Gasteiger charge is -2.29. The molecule has 0 atom stereocenters. The average Bonchev–Trinajstić information content (AvgIpc) is 2.91. The molecule has 4 rings (SSSR count). The van der Waals surface area contributed by atoms with E-state index in [2.05, 4.69) is 97.4 Å². The molecule has 6 heteroatoms. The zero-order chi connectivity index (χ0) is 27.9. The molecule has 0 spiro atoms. The van der Waals surface area contributed by atoms with Crippen molar-refractivity contribution in [3.05, 3.63) is 88.0 Å². The maximum atomic E-state index is 5.75. The van der Waals surface area contributed by atoms with Crippen LogP contribution in [-0.4, -0.2) is 43.2 Å². The van der Waals surface area contributed by atoms with Gasteiger partial charge in [-0.05, 0) is 97.5 Å². The molecular formula is C33H45N3O3. The van der Waals surface area contributed by atoms with Crippen LogP contribution in [0.25, 0.3) is 0 Å². The fourth-order valence-electron chi connectivity index (χ4n) is 5.24. The Labute approximate surface area is 234 Å². The van der Waals surface area contributed by atoms with Crippen molar-refractivity contribution >= 4 is 0 Å². The first kappa shape index (κ1) is 28.9. The van der Waals surface area contributed by atoms with Crippen molar-refractivity contribution < 1.29 is 14.2 Å². The third-order valence-corrected chi connectivity index (χ3v) is 7.45. The van der Waals surface area contributed by atoms with Crippen LogP contribution in [-0.2, 0) is 39.3 Å². The quantitative estimate of drug-likeness (QED) is 0.427. The van der Waals surface area contributed by atoms with E-state index < -0.39 is 0 Å². The second-order valence-corrected chi connectivity index (χ2v) is 11.2. The summed E-state index contributed by atoms with van der Waals surface area (Å²) >= 11 is 0. The number of hydrogen-bond donors (Lipinski definition) is 1. The molecule has 6 nitrogen and oxygen atoms in total. The van der Waals surface area contributed by atoms with Crippen molar-refractivity contribution in [1.29, 1.82) is 0 Å². The Kier molecular flexibility index (Phi) is 9.89. The standard InChI is InChI=1S/C33H45N3O3/c1-23(2)35-19-27-8-25(11-31(13-27)37-5)17-34-18-26-9-28(14-32(12-26)38-6)20-36(24(3)4)22-30-10-29(21-35)15-33(16-30)39-7/h8-16,23-24,34H,17-22H2,1-7H3. The van der Waals surface area contributed by atoms with Crippen LogP contribution in [0.4, 0.5) is 0 Å². The molecule has 1 aliphatic heterocycles. The van der Waals surface area contributed by atoms with Crippen LogP contribution >= 0.6 is 0 Å². The zero-order valence-electron chi connectivity index (χ0n) is 24.7. The molecule has 3 aromatic carbocycles. The number of nitrogens with one attached hydrogen (secondary N) is 1. The van der Waals surface area contributed by atoms with Crippen molar-refractivity contribution in [3.63, 3.8) is 0 Å². The monoisotopic (exact) mass is 531 g/mol. The zero-order valence-corrected chi connectivity index (χ0v) is 24.7. The Balaban J connectivity index is 1.77. The molecule has 3 aromatic rings. The summed E-state index contributed by atoms with van der Waals surface area (Å²) in [4.78, 5) is 5.01. The van der Waals surface area contributed by atoms with Crippen molar-refractivity contribution in [2.75, 3.05) is 21.3 Å². The molecule has 1 aliphatic rings. The van der Waals surface area contributed by atoms with Gasteiger partial charge < -0.3 is 19.5 Å². The number of rotatable bonds is 5. The lowest BCUT2D eigenvalue weighted by atomic mass is 10.0. The highest BCUT2D eigenvalue weighted by Crippen LogP contribution is 2.26. The molecule has 0 aliphatic carbocycles. The Morgan fingerprint density at radius 3 is 1.05 bits per heavy atom. The number of ether oxygens (including phenoxy) is 3. The van der Waals surface area contributed by atoms with Crippen LogP contribution in [0, 0.1) is 0 Å². The van der Waals surface area contributed by atoms with E-state index in [-0.39, 0.29) is 0 Å². The minimum absolute atomic E-state index is 0.380. The normalized spacial score (nSPS) is 15.6. The van der Waals surface area contributed by atoms with Gasteiger partial charge in [0.2, 0.25) is 0 Å². The van der Waals surface area contributed by atoms with Gasteiger partial charge >= 0.3 is 0 Å². The molecule has 0 radical (unpaired) electrons. The van der Waals surface area contributed by atoms with E-state index in [0.717, 1.165) is 56.5 Å². The van der Waals surface area contributed by atoms with Crippen LogP contribution < -0.4 is 19.5 Å². The van der Waals surface area contributed by atoms with E-state index in [1.54, 1.807) is 21.3 Å². The smallest absolute Gasteiger partial charge is 0.119 e. The van der Waals surface area contributed by atoms with Gasteiger partial charge in [-0.1, -0.05) is 18.2 Å². The fraction of sp³-hybridized carbons (Fsp3) is 0.455. The maximum absolute atomic E-state index is 5.75. The maximum Gasteiger partial charge on any atom is 0.119 e. The van der Waals surface area contributed by atoms with E-state index in [9.17, 15) is 0 Å². The van der Waals surface area contributed by atoms with Crippen LogP contribution in [0.5, 0.6) is 17.2 Å². The summed E-state index contributed by atoms with van der Waals surface area (Å²) in [6, 6.07) is 20.6. The van der Waals surface area contributed by atoms with Gasteiger partial charge in [0.1, 0.15) is 17.2 Å². The minimum Gasteiger partial charge on any atom is -0.497 e. The number of hydrogen-bond acceptors (Lipinski definition) is 6. The van der Waals surface area contributed by atoms with Gasteiger partial charge in [-0.15, -0.1) is 0 Å². The van der Waals surface area contributed by atoms with E-state index in [0.29, 0.717) is 12.1 Å². The highest BCUT2D eigenvalue weighted by molar-refractivity contribution is 5.38. The molecule has 6 bridgehead atoms. The summed E-state index contributed by atoms with van der Waals surface area (Å²) < 4.78 is 17.1. The van der Waals surface area contributed by atoms with Gasteiger partial charge in [-0.3, -0.25) is 9.80 Å². The first-order valence-corrected chi connectivity index (χ1v) is 14.0. The third kappa shape index (κ3) is 7.98. The Bertz CT molecular complexity index is 1150. The molecule has 39 heavy (non-hydrogen) atoms. The van der Waals surface area contributed by atoms with Crippen molar-refractivity contribution in [2.24, 2.45) is 0 Å². The number of fused-ring (bicyclic) bond motifs is 6. The summed E-state index contributed by atoms with van der Waals surface area (Å²) in [5.41, 5.74) is 7.45. The second-order valence-electron chi connectivity index (χ2n) is 11.2. The lowest BCUT2D eigenvalue weighted by molar-refractivity contribution is 0.199. The van der Waals surface area contributed by atoms with Gasteiger partial charge in [0.15, 0.2) is 0 Å². The van der Waals surface area contributed by atoms with Gasteiger partial charge in [0, 0.05) is 51.4 Å². The highest BCUT2D eigenvalue weighted by atomic mass is 16.5. The van der Waals surface area contributed by atoms with Gasteiger partial charge in [-0.2, -0.15) is 0 Å². The topological polar surface area (TPSA) is 46.2 Å². The molecule has 0 unspecified atom stereocenters. The summed E-state index contributed by atoms with van der Waals surface area (Å²) in [5.74, 6) is 2.69. The van der Waals surface area contributed by atoms with Crippen LogP contribution in [0.1, 0.15) is 61.1 Å². The Morgan fingerprint density at radius 1 is 0.487 bits per heavy atom. The Hall–Kier alpha value is -3.06. The predicted octanol–water partition coefficient (Wildman–Crippen LogP) is 6.14. The minimum atomic E-state index is 0.380. The first-order chi connectivity index (χ1) is 18.8. The molecule has 210 valence electrons. The summed E-state index contributed by atoms with van der Waals surface area (Å²) in [6.45, 7) is 13.9. The molecule has 0 saturated carbocycles. The second kappa shape index (κ2) is 13.3. The first-order valence-electron chi connectivity index (χ1n) is 14.0. The molecule has 0 saturated heterocycles. The van der Waals surface area contributed by atoms with Crippen molar-refractivity contribution in [2.45, 2.75) is 79.0 Å². The summed E-state index contributed by atoms with van der Waals surface area (Å²) in [6.07, 6.45) is 0. The SMILES string of the molecule is COc1cc2cc(c1)CN(C(C)C)Cc1cc(cc(OC)c1)CN(C(C)C)Cc1cc(cc(OC)c1)CNC2. The van der Waals surface area contributed by atoms with Crippen molar-refractivity contribution in [1.82, 2.24) is 15.1 Å². The fourth-order valence-corrected chi connectivity index (χ4v) is 5.24. The Morgan fingerprint density at radius 2 is 0.769 bits per heavy atom. The highest BCUT2D eigenvalue weighted by Gasteiger charge is 2.17. The molecule has 0 fully saturated rings. The van der Waals surface area contributed by atoms with E-state index in [1.807, 2.05) is 0 Å². The van der Waals surface area contributed by atoms with E-state index in [1.165, 1.54) is 33.4 Å². The average molecular weight is 532 g/mol. The van der Waals surface area contributed by atoms with E-state index in [4.69, 9.17) is 14.2 Å². The molecule has 0 aromatic heterocycles. The molecule has 1 heterocycles. The summed E-state index contributed by atoms with van der Waals surface area (Å²) in [5, 5.41) is 3.64. The number of methoxy groups -OCH3 is 3. The van der Waals surface area contributed by atoms with Crippen molar-refractivity contribution in [3.8, 4) is 17.2 Å². The van der Waals surface area contributed by atoms with Gasteiger partial charge in [0.05, 0.1) is 21.3 Å². The van der Waals surface area contributed by atoms with Gasteiger partial charge in [-0.25, -0.2) is 0 Å². The lowest BCUT2D eigenvalue weighted by Crippen LogP contribution is -2.31. The number of nitrogens with zero attached hydrogens (tertiary/aromatic N) is 2. The predicted molar refractivity (Wildman–Crippen MR) is 158 cm³/mol. The third-order valence-electron chi connectivity index (χ3n) is 7.45.